The van der Waals surface area contributed by atoms with Crippen LogP contribution in [0.1, 0.15) is 30.5 Å². The van der Waals surface area contributed by atoms with Crippen molar-refractivity contribution in [2.75, 3.05) is 0 Å². The van der Waals surface area contributed by atoms with Gasteiger partial charge in [-0.1, -0.05) is 36.4 Å². The summed E-state index contributed by atoms with van der Waals surface area (Å²) in [5.74, 6) is 0.404. The fourth-order valence-electron chi connectivity index (χ4n) is 2.69. The summed E-state index contributed by atoms with van der Waals surface area (Å²) in [4.78, 5) is 1.32. The van der Waals surface area contributed by atoms with Crippen LogP contribution in [0.25, 0.3) is 11.4 Å². The van der Waals surface area contributed by atoms with Gasteiger partial charge >= 0.3 is 6.18 Å². The minimum atomic E-state index is -4.35. The van der Waals surface area contributed by atoms with Gasteiger partial charge in [0.05, 0.1) is 17.7 Å². The van der Waals surface area contributed by atoms with Gasteiger partial charge in [-0.15, -0.1) is 10.2 Å². The third kappa shape index (κ3) is 4.91. The Morgan fingerprint density at radius 2 is 1.67 bits per heavy atom. The molecule has 8 heteroatoms. The summed E-state index contributed by atoms with van der Waals surface area (Å²) >= 11 is 0. The molecule has 1 N–H and O–H groups in total. The van der Waals surface area contributed by atoms with Crippen molar-refractivity contribution in [1.82, 2.24) is 20.2 Å². The van der Waals surface area contributed by atoms with Crippen LogP contribution in [0.2, 0.25) is 0 Å². The molecule has 0 saturated heterocycles. The number of rotatable bonds is 5. The van der Waals surface area contributed by atoms with Crippen molar-refractivity contribution in [2.45, 2.75) is 38.6 Å². The fraction of sp³-hybridized carbons (Fsp3) is 0.316. The summed E-state index contributed by atoms with van der Waals surface area (Å²) in [7, 11) is 0. The van der Waals surface area contributed by atoms with Crippen LogP contribution in [-0.4, -0.2) is 30.9 Å². The third-order valence-corrected chi connectivity index (χ3v) is 3.92. The van der Waals surface area contributed by atoms with E-state index in [1.54, 1.807) is 13.8 Å². The highest BCUT2D eigenvalue weighted by Gasteiger charge is 2.29. The number of hydrogen-bond acceptors (Lipinski definition) is 4. The Morgan fingerprint density at radius 3 is 2.30 bits per heavy atom. The summed E-state index contributed by atoms with van der Waals surface area (Å²) in [5.41, 5.74) is 0.729. The number of nitrogens with zero attached hydrogens (tertiary/aromatic N) is 4. The predicted octanol–water partition coefficient (Wildman–Crippen LogP) is 3.72. The Hall–Kier alpha value is -2.74. The first-order valence-corrected chi connectivity index (χ1v) is 8.36. The smallest absolute Gasteiger partial charge is 0.388 e. The van der Waals surface area contributed by atoms with E-state index in [-0.39, 0.29) is 6.54 Å². The number of benzene rings is 2. The molecule has 5 nitrogen and oxygen atoms in total. The van der Waals surface area contributed by atoms with Gasteiger partial charge in [0.25, 0.3) is 0 Å². The second-order valence-electron chi connectivity index (χ2n) is 6.98. The molecule has 0 aliphatic rings. The zero-order valence-corrected chi connectivity index (χ0v) is 14.9. The van der Waals surface area contributed by atoms with Crippen molar-refractivity contribution in [3.63, 3.8) is 0 Å². The lowest BCUT2D eigenvalue weighted by molar-refractivity contribution is -0.137. The van der Waals surface area contributed by atoms with E-state index in [1.807, 2.05) is 24.3 Å². The van der Waals surface area contributed by atoms with E-state index in [1.165, 1.54) is 16.9 Å². The molecule has 2 aromatic carbocycles. The van der Waals surface area contributed by atoms with Gasteiger partial charge in [-0.3, -0.25) is 0 Å². The zero-order chi connectivity index (χ0) is 19.7. The van der Waals surface area contributed by atoms with Crippen molar-refractivity contribution in [2.24, 2.45) is 0 Å². The van der Waals surface area contributed by atoms with Crippen molar-refractivity contribution in [1.29, 1.82) is 0 Å². The average molecular weight is 376 g/mol. The van der Waals surface area contributed by atoms with Crippen LogP contribution in [-0.2, 0) is 19.1 Å². The number of alkyl halides is 3. The molecule has 0 aliphatic heterocycles. The molecule has 27 heavy (non-hydrogen) atoms. The molecule has 1 heterocycles. The topological polar surface area (TPSA) is 63.8 Å². The molecule has 0 fully saturated rings. The summed E-state index contributed by atoms with van der Waals surface area (Å²) in [6, 6.07) is 12.5. The minimum Gasteiger partial charge on any atom is -0.388 e. The van der Waals surface area contributed by atoms with Crippen LogP contribution in [0.5, 0.6) is 0 Å². The lowest BCUT2D eigenvalue weighted by atomic mass is 9.98. The van der Waals surface area contributed by atoms with Gasteiger partial charge in [0.1, 0.15) is 0 Å². The van der Waals surface area contributed by atoms with Crippen LogP contribution in [0.4, 0.5) is 13.2 Å². The molecule has 0 aliphatic carbocycles. The highest BCUT2D eigenvalue weighted by atomic mass is 19.4. The molecule has 0 bridgehead atoms. The molecule has 0 unspecified atom stereocenters. The monoisotopic (exact) mass is 376 g/mol. The largest absolute Gasteiger partial charge is 0.416 e. The number of aliphatic hydroxyl groups is 1. The Labute approximate surface area is 154 Å². The molecule has 142 valence electrons. The normalized spacial score (nSPS) is 12.4. The standard InChI is InChI=1S/C19H19F3N4O/c1-18(2,27)12-26-24-17(23-25-26)16-6-4-3-5-14(16)11-13-7-9-15(10-8-13)19(20,21)22/h3-10,27H,11-12H2,1-2H3. The van der Waals surface area contributed by atoms with Gasteiger partial charge in [0.15, 0.2) is 0 Å². The first kappa shape index (κ1) is 19.0. The Kier molecular flexibility index (Phi) is 5.01. The Bertz CT molecular complexity index is 912. The second-order valence-corrected chi connectivity index (χ2v) is 6.98. The van der Waals surface area contributed by atoms with Gasteiger partial charge in [-0.2, -0.15) is 18.0 Å². The van der Waals surface area contributed by atoms with Crippen molar-refractivity contribution in [3.05, 3.63) is 65.2 Å². The maximum absolute atomic E-state index is 12.7. The molecule has 0 radical (unpaired) electrons. The lowest BCUT2D eigenvalue weighted by Gasteiger charge is -2.14. The molecule has 3 rings (SSSR count). The van der Waals surface area contributed by atoms with Crippen molar-refractivity contribution < 1.29 is 18.3 Å². The molecular weight excluding hydrogens is 357 g/mol. The fourth-order valence-corrected chi connectivity index (χ4v) is 2.69. The molecular formula is C19H19F3N4O. The van der Waals surface area contributed by atoms with E-state index in [0.29, 0.717) is 12.2 Å². The summed E-state index contributed by atoms with van der Waals surface area (Å²) in [5, 5.41) is 22.2. The van der Waals surface area contributed by atoms with Crippen LogP contribution < -0.4 is 0 Å². The minimum absolute atomic E-state index is 0.196. The van der Waals surface area contributed by atoms with E-state index in [9.17, 15) is 18.3 Å². The van der Waals surface area contributed by atoms with Crippen LogP contribution >= 0.6 is 0 Å². The van der Waals surface area contributed by atoms with E-state index in [0.717, 1.165) is 28.8 Å². The molecule has 0 atom stereocenters. The van der Waals surface area contributed by atoms with Crippen LogP contribution in [0, 0.1) is 0 Å². The predicted molar refractivity (Wildman–Crippen MR) is 93.8 cm³/mol. The molecule has 0 saturated carbocycles. The van der Waals surface area contributed by atoms with Crippen LogP contribution in [0.15, 0.2) is 48.5 Å². The maximum atomic E-state index is 12.7. The van der Waals surface area contributed by atoms with E-state index in [4.69, 9.17) is 0 Å². The second kappa shape index (κ2) is 7.11. The molecule has 0 amide bonds. The molecule has 0 spiro atoms. The number of aromatic nitrogens is 4. The highest BCUT2D eigenvalue weighted by Crippen LogP contribution is 2.30. The van der Waals surface area contributed by atoms with Crippen LogP contribution in [0.3, 0.4) is 0 Å². The van der Waals surface area contributed by atoms with E-state index < -0.39 is 17.3 Å². The zero-order valence-electron chi connectivity index (χ0n) is 14.9. The summed E-state index contributed by atoms with van der Waals surface area (Å²) in [6.45, 7) is 3.49. The van der Waals surface area contributed by atoms with Gasteiger partial charge in [0, 0.05) is 5.56 Å². The summed E-state index contributed by atoms with van der Waals surface area (Å²) in [6.07, 6.45) is -3.91. The average Bonchev–Trinajstić information content (AvgIpc) is 3.01. The van der Waals surface area contributed by atoms with Gasteiger partial charge in [-0.05, 0) is 48.7 Å². The maximum Gasteiger partial charge on any atom is 0.416 e. The molecule has 1 aromatic heterocycles. The first-order chi connectivity index (χ1) is 12.6. The van der Waals surface area contributed by atoms with Gasteiger partial charge < -0.3 is 5.11 Å². The number of hydrogen-bond donors (Lipinski definition) is 1. The Morgan fingerprint density at radius 1 is 1.00 bits per heavy atom. The number of tetrazole rings is 1. The SMILES string of the molecule is CC(C)(O)Cn1nnc(-c2ccccc2Cc2ccc(C(F)(F)F)cc2)n1. The summed E-state index contributed by atoms with van der Waals surface area (Å²) < 4.78 is 38.1. The van der Waals surface area contributed by atoms with Gasteiger partial charge in [-0.25, -0.2) is 0 Å². The third-order valence-electron chi connectivity index (χ3n) is 3.92. The van der Waals surface area contributed by atoms with E-state index >= 15 is 0 Å². The van der Waals surface area contributed by atoms with Crippen molar-refractivity contribution >= 4 is 0 Å². The number of halogens is 3. The Balaban J connectivity index is 1.84. The first-order valence-electron chi connectivity index (χ1n) is 8.36. The van der Waals surface area contributed by atoms with Gasteiger partial charge in [0.2, 0.25) is 5.82 Å². The lowest BCUT2D eigenvalue weighted by Crippen LogP contribution is -2.27. The quantitative estimate of drug-likeness (QED) is 0.737. The van der Waals surface area contributed by atoms with E-state index in [2.05, 4.69) is 15.4 Å². The van der Waals surface area contributed by atoms with Crippen molar-refractivity contribution in [3.8, 4) is 11.4 Å². The molecule has 3 aromatic rings. The highest BCUT2D eigenvalue weighted by molar-refractivity contribution is 5.60.